The zero-order valence-corrected chi connectivity index (χ0v) is 10.0. The summed E-state index contributed by atoms with van der Waals surface area (Å²) in [4.78, 5) is 15.7. The molecule has 0 aliphatic heterocycles. The van der Waals surface area contributed by atoms with Crippen LogP contribution in [0.3, 0.4) is 0 Å². The van der Waals surface area contributed by atoms with Crippen molar-refractivity contribution in [3.8, 4) is 0 Å². The summed E-state index contributed by atoms with van der Waals surface area (Å²) in [5, 5.41) is 0. The van der Waals surface area contributed by atoms with Crippen molar-refractivity contribution in [3.63, 3.8) is 0 Å². The molecule has 1 unspecified atom stereocenters. The Morgan fingerprint density at radius 2 is 2.29 bits per heavy atom. The molecule has 0 aromatic carbocycles. The topological polar surface area (TPSA) is 30.0 Å². The van der Waals surface area contributed by atoms with Gasteiger partial charge in [-0.3, -0.25) is 9.78 Å². The van der Waals surface area contributed by atoms with Crippen LogP contribution in [0, 0.1) is 5.92 Å². The van der Waals surface area contributed by atoms with E-state index in [1.54, 1.807) is 12.3 Å². The lowest BCUT2D eigenvalue weighted by Crippen LogP contribution is -2.06. The molecule has 3 heteroatoms. The van der Waals surface area contributed by atoms with Crippen molar-refractivity contribution in [2.24, 2.45) is 5.92 Å². The van der Waals surface area contributed by atoms with Gasteiger partial charge < -0.3 is 0 Å². The first-order chi connectivity index (χ1) is 6.63. The fourth-order valence-electron chi connectivity index (χ4n) is 1.11. The first-order valence-electron chi connectivity index (χ1n) is 4.78. The molecule has 0 N–H and O–H groups in total. The lowest BCUT2D eigenvalue weighted by atomic mass is 10.0. The molecule has 0 bridgehead atoms. The highest BCUT2D eigenvalue weighted by Crippen LogP contribution is 2.13. The van der Waals surface area contributed by atoms with Crippen LogP contribution in [-0.2, 0) is 0 Å². The minimum Gasteiger partial charge on any atom is -0.292 e. The molecular formula is C11H14BrNO. The highest BCUT2D eigenvalue weighted by atomic mass is 79.9. The van der Waals surface area contributed by atoms with Crippen molar-refractivity contribution in [1.82, 2.24) is 4.98 Å². The van der Waals surface area contributed by atoms with E-state index in [1.165, 1.54) is 0 Å². The summed E-state index contributed by atoms with van der Waals surface area (Å²) in [6, 6.07) is 3.60. The Morgan fingerprint density at radius 1 is 1.57 bits per heavy atom. The summed E-state index contributed by atoms with van der Waals surface area (Å²) in [6.07, 6.45) is 3.28. The van der Waals surface area contributed by atoms with E-state index in [0.29, 0.717) is 18.0 Å². The van der Waals surface area contributed by atoms with Gasteiger partial charge >= 0.3 is 0 Å². The van der Waals surface area contributed by atoms with Gasteiger partial charge in [-0.1, -0.05) is 20.3 Å². The van der Waals surface area contributed by atoms with Crippen LogP contribution in [0.25, 0.3) is 0 Å². The maximum absolute atomic E-state index is 11.6. The van der Waals surface area contributed by atoms with E-state index in [-0.39, 0.29) is 5.78 Å². The lowest BCUT2D eigenvalue weighted by molar-refractivity contribution is 0.0959. The van der Waals surface area contributed by atoms with Crippen LogP contribution in [0.2, 0.25) is 0 Å². The fraction of sp³-hybridized carbons (Fsp3) is 0.455. The number of hydrogen-bond donors (Lipinski definition) is 0. The number of ketones is 1. The lowest BCUT2D eigenvalue weighted by Gasteiger charge is -2.06. The third-order valence-electron chi connectivity index (χ3n) is 2.24. The van der Waals surface area contributed by atoms with Gasteiger partial charge in [0.25, 0.3) is 0 Å². The van der Waals surface area contributed by atoms with Gasteiger partial charge in [-0.05, 0) is 34.0 Å². The molecule has 14 heavy (non-hydrogen) atoms. The zero-order chi connectivity index (χ0) is 10.6. The van der Waals surface area contributed by atoms with Gasteiger partial charge in [0.1, 0.15) is 5.69 Å². The molecule has 1 aromatic heterocycles. The van der Waals surface area contributed by atoms with Crippen LogP contribution in [-0.4, -0.2) is 10.8 Å². The second kappa shape index (κ2) is 5.25. The Labute approximate surface area is 92.9 Å². The van der Waals surface area contributed by atoms with Gasteiger partial charge in [0.2, 0.25) is 0 Å². The maximum atomic E-state index is 11.6. The monoisotopic (exact) mass is 255 g/mol. The number of rotatable bonds is 4. The van der Waals surface area contributed by atoms with Gasteiger partial charge in [0, 0.05) is 17.1 Å². The summed E-state index contributed by atoms with van der Waals surface area (Å²) in [5.74, 6) is 0.569. The van der Waals surface area contributed by atoms with Crippen LogP contribution in [0.15, 0.2) is 22.8 Å². The first-order valence-corrected chi connectivity index (χ1v) is 5.57. The highest BCUT2D eigenvalue weighted by Gasteiger charge is 2.10. The summed E-state index contributed by atoms with van der Waals surface area (Å²) in [6.45, 7) is 4.17. The Bertz CT molecular complexity index is 308. The SMILES string of the molecule is CCC(C)CC(=O)c1ccc(Br)cn1. The number of aromatic nitrogens is 1. The molecule has 76 valence electrons. The number of Topliss-reactive ketones (excluding diaryl/α,β-unsaturated/α-hetero) is 1. The van der Waals surface area contributed by atoms with Gasteiger partial charge in [-0.15, -0.1) is 0 Å². The normalized spacial score (nSPS) is 12.5. The van der Waals surface area contributed by atoms with E-state index in [9.17, 15) is 4.79 Å². The van der Waals surface area contributed by atoms with E-state index < -0.39 is 0 Å². The van der Waals surface area contributed by atoms with Crippen LogP contribution in [0.4, 0.5) is 0 Å². The molecule has 0 saturated carbocycles. The number of nitrogens with zero attached hydrogens (tertiary/aromatic N) is 1. The molecule has 1 rings (SSSR count). The van der Waals surface area contributed by atoms with E-state index >= 15 is 0 Å². The Balaban J connectivity index is 2.65. The summed E-state index contributed by atoms with van der Waals surface area (Å²) in [7, 11) is 0. The van der Waals surface area contributed by atoms with Crippen molar-refractivity contribution >= 4 is 21.7 Å². The average molecular weight is 256 g/mol. The first kappa shape index (κ1) is 11.4. The third-order valence-corrected chi connectivity index (χ3v) is 2.71. The second-order valence-electron chi connectivity index (χ2n) is 3.50. The standard InChI is InChI=1S/C11H14BrNO/c1-3-8(2)6-11(14)10-5-4-9(12)7-13-10/h4-5,7-8H,3,6H2,1-2H3. The molecule has 1 heterocycles. The van der Waals surface area contributed by atoms with Crippen LogP contribution in [0.1, 0.15) is 37.2 Å². The van der Waals surface area contributed by atoms with Gasteiger partial charge in [0.15, 0.2) is 5.78 Å². The Hall–Kier alpha value is -0.700. The van der Waals surface area contributed by atoms with Crippen LogP contribution < -0.4 is 0 Å². The zero-order valence-electron chi connectivity index (χ0n) is 8.46. The fourth-order valence-corrected chi connectivity index (χ4v) is 1.34. The van der Waals surface area contributed by atoms with Crippen LogP contribution in [0.5, 0.6) is 0 Å². The molecule has 0 aliphatic carbocycles. The second-order valence-corrected chi connectivity index (χ2v) is 4.42. The minimum absolute atomic E-state index is 0.131. The highest BCUT2D eigenvalue weighted by molar-refractivity contribution is 9.10. The maximum Gasteiger partial charge on any atom is 0.181 e. The number of pyridine rings is 1. The molecule has 0 saturated heterocycles. The predicted octanol–water partition coefficient (Wildman–Crippen LogP) is 3.46. The molecule has 2 nitrogen and oxygen atoms in total. The number of carbonyl (C=O) groups excluding carboxylic acids is 1. The van der Waals surface area contributed by atoms with Crippen molar-refractivity contribution < 1.29 is 4.79 Å². The average Bonchev–Trinajstić information content (AvgIpc) is 2.18. The van der Waals surface area contributed by atoms with Crippen LogP contribution >= 0.6 is 15.9 Å². The summed E-state index contributed by atoms with van der Waals surface area (Å²) < 4.78 is 0.901. The van der Waals surface area contributed by atoms with Gasteiger partial charge in [0.05, 0.1) is 0 Å². The van der Waals surface area contributed by atoms with E-state index in [1.807, 2.05) is 6.07 Å². The van der Waals surface area contributed by atoms with Crippen molar-refractivity contribution in [2.75, 3.05) is 0 Å². The predicted molar refractivity (Wildman–Crippen MR) is 60.3 cm³/mol. The number of hydrogen-bond acceptors (Lipinski definition) is 2. The Kier molecular flexibility index (Phi) is 4.26. The number of halogens is 1. The van der Waals surface area contributed by atoms with Crippen molar-refractivity contribution in [2.45, 2.75) is 26.7 Å². The Morgan fingerprint density at radius 3 is 2.79 bits per heavy atom. The molecule has 0 fully saturated rings. The van der Waals surface area contributed by atoms with Gasteiger partial charge in [-0.25, -0.2) is 0 Å². The van der Waals surface area contributed by atoms with E-state index in [0.717, 1.165) is 10.9 Å². The van der Waals surface area contributed by atoms with E-state index in [2.05, 4.69) is 34.8 Å². The molecule has 1 aromatic rings. The third kappa shape index (κ3) is 3.22. The molecule has 1 atom stereocenters. The molecule has 0 spiro atoms. The van der Waals surface area contributed by atoms with Gasteiger partial charge in [-0.2, -0.15) is 0 Å². The minimum atomic E-state index is 0.131. The molecule has 0 radical (unpaired) electrons. The quantitative estimate of drug-likeness (QED) is 0.772. The molecule has 0 aliphatic rings. The van der Waals surface area contributed by atoms with E-state index in [4.69, 9.17) is 0 Å². The molecular weight excluding hydrogens is 242 g/mol. The smallest absolute Gasteiger partial charge is 0.181 e. The van der Waals surface area contributed by atoms with Crippen molar-refractivity contribution in [1.29, 1.82) is 0 Å². The largest absolute Gasteiger partial charge is 0.292 e. The summed E-state index contributed by atoms with van der Waals surface area (Å²) >= 11 is 3.29. The summed E-state index contributed by atoms with van der Waals surface area (Å²) in [5.41, 5.74) is 0.563. The number of carbonyl (C=O) groups is 1. The van der Waals surface area contributed by atoms with Crippen molar-refractivity contribution in [3.05, 3.63) is 28.5 Å². The molecule has 0 amide bonds.